The Hall–Kier alpha value is -1.68. The van der Waals surface area contributed by atoms with E-state index in [4.69, 9.17) is 19.7 Å². The van der Waals surface area contributed by atoms with Gasteiger partial charge in [0.2, 0.25) is 10.0 Å². The molecule has 1 aromatic carbocycles. The van der Waals surface area contributed by atoms with Crippen LogP contribution in [0.4, 0.5) is 5.69 Å². The van der Waals surface area contributed by atoms with Gasteiger partial charge in [-0.2, -0.15) is 0 Å². The number of nitrogens with two attached hydrogens (primary N) is 1. The second-order valence-electron chi connectivity index (χ2n) is 4.25. The van der Waals surface area contributed by atoms with Crippen LogP contribution in [0.5, 0.6) is 0 Å². The van der Waals surface area contributed by atoms with Crippen LogP contribution in [0.15, 0.2) is 23.1 Å². The van der Waals surface area contributed by atoms with Gasteiger partial charge in [-0.1, -0.05) is 0 Å². The van der Waals surface area contributed by atoms with Crippen LogP contribution >= 0.6 is 0 Å². The number of hydrogen-bond donors (Lipinski definition) is 3. The van der Waals surface area contributed by atoms with E-state index in [1.54, 1.807) is 0 Å². The first-order valence-electron chi connectivity index (χ1n) is 5.95. The van der Waals surface area contributed by atoms with E-state index >= 15 is 0 Å². The van der Waals surface area contributed by atoms with Crippen LogP contribution in [0.25, 0.3) is 0 Å². The first kappa shape index (κ1) is 17.4. The molecule has 8 nitrogen and oxygen atoms in total. The topological polar surface area (TPSA) is 128 Å². The highest BCUT2D eigenvalue weighted by molar-refractivity contribution is 7.89. The van der Waals surface area contributed by atoms with Gasteiger partial charge in [-0.25, -0.2) is 18.4 Å². The molecule has 9 heteroatoms. The van der Waals surface area contributed by atoms with E-state index in [1.165, 1.54) is 26.4 Å². The van der Waals surface area contributed by atoms with Gasteiger partial charge >= 0.3 is 5.97 Å². The number of primary sulfonamides is 1. The fourth-order valence-electron chi connectivity index (χ4n) is 1.65. The largest absolute Gasteiger partial charge is 0.478 e. The lowest BCUT2D eigenvalue weighted by molar-refractivity contribution is 0.0365. The number of rotatable bonds is 8. The van der Waals surface area contributed by atoms with Crippen molar-refractivity contribution in [3.63, 3.8) is 0 Å². The van der Waals surface area contributed by atoms with Gasteiger partial charge < -0.3 is 19.9 Å². The van der Waals surface area contributed by atoms with Gasteiger partial charge in [0, 0.05) is 26.5 Å². The maximum absolute atomic E-state index is 11.2. The van der Waals surface area contributed by atoms with Gasteiger partial charge in [0.25, 0.3) is 0 Å². The number of benzene rings is 1. The smallest absolute Gasteiger partial charge is 0.337 e. The van der Waals surface area contributed by atoms with E-state index in [9.17, 15) is 13.2 Å². The molecule has 0 aromatic heterocycles. The molecule has 4 N–H and O–H groups in total. The van der Waals surface area contributed by atoms with Crippen molar-refractivity contribution in [3.05, 3.63) is 23.8 Å². The normalized spacial score (nSPS) is 12.9. The highest BCUT2D eigenvalue weighted by Crippen LogP contribution is 2.20. The number of nitrogens with one attached hydrogen (secondary N) is 1. The third kappa shape index (κ3) is 4.97. The molecule has 0 heterocycles. The molecule has 0 saturated heterocycles. The molecule has 0 aliphatic rings. The van der Waals surface area contributed by atoms with E-state index in [0.29, 0.717) is 13.2 Å². The second-order valence-corrected chi connectivity index (χ2v) is 5.81. The third-order valence-electron chi connectivity index (χ3n) is 2.76. The quantitative estimate of drug-likeness (QED) is 0.620. The summed E-state index contributed by atoms with van der Waals surface area (Å²) in [6, 6.07) is 3.60. The number of carbonyl (C=O) groups is 1. The van der Waals surface area contributed by atoms with Gasteiger partial charge in [-0.05, 0) is 18.2 Å². The molecule has 0 radical (unpaired) electrons. The number of carboxylic acids is 1. The summed E-state index contributed by atoms with van der Waals surface area (Å²) in [6.07, 6.45) is -0.269. The summed E-state index contributed by atoms with van der Waals surface area (Å²) < 4.78 is 32.6. The molecule has 0 aliphatic carbocycles. The number of ether oxygens (including phenoxy) is 2. The molecule has 0 aliphatic heterocycles. The summed E-state index contributed by atoms with van der Waals surface area (Å²) in [5.74, 6) is -1.26. The predicted molar refractivity (Wildman–Crippen MR) is 75.9 cm³/mol. The van der Waals surface area contributed by atoms with E-state index in [-0.39, 0.29) is 22.3 Å². The Bertz CT molecular complexity index is 602. The lowest BCUT2D eigenvalue weighted by atomic mass is 10.1. The Labute approximate surface area is 122 Å². The summed E-state index contributed by atoms with van der Waals surface area (Å²) in [7, 11) is -0.925. The van der Waals surface area contributed by atoms with Crippen molar-refractivity contribution in [2.24, 2.45) is 5.14 Å². The lowest BCUT2D eigenvalue weighted by Crippen LogP contribution is -2.27. The van der Waals surface area contributed by atoms with E-state index < -0.39 is 16.0 Å². The summed E-state index contributed by atoms with van der Waals surface area (Å²) in [6.45, 7) is 0.639. The zero-order chi connectivity index (χ0) is 16.0. The molecule has 118 valence electrons. The van der Waals surface area contributed by atoms with Crippen molar-refractivity contribution in [3.8, 4) is 0 Å². The number of methoxy groups -OCH3 is 2. The lowest BCUT2D eigenvalue weighted by Gasteiger charge is -2.17. The Balaban J connectivity index is 3.00. The minimum Gasteiger partial charge on any atom is -0.478 e. The Morgan fingerprint density at radius 2 is 2.10 bits per heavy atom. The minimum atomic E-state index is -3.96. The molecule has 0 bridgehead atoms. The van der Waals surface area contributed by atoms with Crippen molar-refractivity contribution in [1.82, 2.24) is 0 Å². The second kappa shape index (κ2) is 7.36. The highest BCUT2D eigenvalue weighted by atomic mass is 32.2. The van der Waals surface area contributed by atoms with Crippen LogP contribution in [0.2, 0.25) is 0 Å². The van der Waals surface area contributed by atoms with Crippen LogP contribution < -0.4 is 10.5 Å². The van der Waals surface area contributed by atoms with Crippen LogP contribution in [-0.2, 0) is 19.5 Å². The molecule has 0 saturated carbocycles. The zero-order valence-electron chi connectivity index (χ0n) is 11.7. The Morgan fingerprint density at radius 1 is 1.43 bits per heavy atom. The Kier molecular flexibility index (Phi) is 6.09. The molecule has 0 spiro atoms. The highest BCUT2D eigenvalue weighted by Gasteiger charge is 2.17. The zero-order valence-corrected chi connectivity index (χ0v) is 12.5. The maximum atomic E-state index is 11.2. The van der Waals surface area contributed by atoms with E-state index in [2.05, 4.69) is 5.32 Å². The number of aromatic carboxylic acids is 1. The molecule has 0 fully saturated rings. The maximum Gasteiger partial charge on any atom is 0.337 e. The number of sulfonamides is 1. The molecular weight excluding hydrogens is 300 g/mol. The fraction of sp³-hybridized carbons (Fsp3) is 0.417. The predicted octanol–water partition coefficient (Wildman–Crippen LogP) is 0.106. The van der Waals surface area contributed by atoms with Crippen LogP contribution in [-0.4, -0.2) is 53.0 Å². The van der Waals surface area contributed by atoms with E-state index in [1.807, 2.05) is 0 Å². The molecule has 21 heavy (non-hydrogen) atoms. The van der Waals surface area contributed by atoms with Gasteiger partial charge in [-0.3, -0.25) is 0 Å². The van der Waals surface area contributed by atoms with Crippen LogP contribution in [0.1, 0.15) is 10.4 Å². The first-order valence-corrected chi connectivity index (χ1v) is 7.50. The SMILES string of the molecule is COCC(CNc1ccc(S(N)(=O)=O)cc1C(=O)O)OC. The summed E-state index contributed by atoms with van der Waals surface area (Å²) >= 11 is 0. The molecule has 1 rings (SSSR count). The molecule has 1 unspecified atom stereocenters. The average molecular weight is 318 g/mol. The average Bonchev–Trinajstić information content (AvgIpc) is 2.42. The van der Waals surface area contributed by atoms with Crippen molar-refractivity contribution >= 4 is 21.7 Å². The van der Waals surface area contributed by atoms with Crippen molar-refractivity contribution in [2.75, 3.05) is 32.7 Å². The van der Waals surface area contributed by atoms with Crippen LogP contribution in [0.3, 0.4) is 0 Å². The molecular formula is C12H18N2O6S. The summed E-state index contributed by atoms with van der Waals surface area (Å²) in [5, 5.41) is 17.0. The fourth-order valence-corrected chi connectivity index (χ4v) is 2.19. The number of anilines is 1. The van der Waals surface area contributed by atoms with Gasteiger partial charge in [0.15, 0.2) is 0 Å². The minimum absolute atomic E-state index is 0.186. The van der Waals surface area contributed by atoms with Crippen molar-refractivity contribution < 1.29 is 27.8 Å². The van der Waals surface area contributed by atoms with Crippen LogP contribution in [0, 0.1) is 0 Å². The van der Waals surface area contributed by atoms with Crippen molar-refractivity contribution in [2.45, 2.75) is 11.0 Å². The summed E-state index contributed by atoms with van der Waals surface area (Å²) in [5.41, 5.74) is 0.0850. The third-order valence-corrected chi connectivity index (χ3v) is 3.67. The van der Waals surface area contributed by atoms with Gasteiger partial charge in [0.1, 0.15) is 0 Å². The molecule has 0 amide bonds. The number of carboxylic acid groups (broad SMARTS) is 1. The standard InChI is InChI=1S/C12H18N2O6S/c1-19-7-8(20-2)6-14-11-4-3-9(21(13,17)18)5-10(11)12(15)16/h3-5,8,14H,6-7H2,1-2H3,(H,15,16)(H2,13,17,18). The van der Waals surface area contributed by atoms with Gasteiger partial charge in [0.05, 0.1) is 23.2 Å². The number of hydrogen-bond acceptors (Lipinski definition) is 6. The first-order chi connectivity index (χ1) is 9.79. The molecule has 1 aromatic rings. The summed E-state index contributed by atoms with van der Waals surface area (Å²) in [4.78, 5) is 11.0. The monoisotopic (exact) mass is 318 g/mol. The Morgan fingerprint density at radius 3 is 2.57 bits per heavy atom. The van der Waals surface area contributed by atoms with E-state index in [0.717, 1.165) is 6.07 Å². The molecule has 1 atom stereocenters. The van der Waals surface area contributed by atoms with Gasteiger partial charge in [-0.15, -0.1) is 0 Å². The van der Waals surface area contributed by atoms with Crippen molar-refractivity contribution in [1.29, 1.82) is 0 Å².